The highest BCUT2D eigenvalue weighted by molar-refractivity contribution is 7.16. The molecule has 0 fully saturated rings. The van der Waals surface area contributed by atoms with Crippen molar-refractivity contribution < 1.29 is 0 Å². The van der Waals surface area contributed by atoms with Gasteiger partial charge in [-0.25, -0.2) is 0 Å². The second-order valence-electron chi connectivity index (χ2n) is 3.93. The molecule has 0 bridgehead atoms. The van der Waals surface area contributed by atoms with E-state index in [0.29, 0.717) is 0 Å². The lowest BCUT2D eigenvalue weighted by molar-refractivity contribution is 1.18. The van der Waals surface area contributed by atoms with Crippen LogP contribution >= 0.6 is 11.3 Å². The summed E-state index contributed by atoms with van der Waals surface area (Å²) in [7, 11) is 0. The van der Waals surface area contributed by atoms with Gasteiger partial charge in [0.1, 0.15) is 0 Å². The van der Waals surface area contributed by atoms with Gasteiger partial charge in [-0.15, -0.1) is 0 Å². The number of nitrogens with zero attached hydrogens (tertiary/aromatic N) is 1. The maximum Gasteiger partial charge on any atom is 0.312 e. The fourth-order valence-electron chi connectivity index (χ4n) is 1.85. The summed E-state index contributed by atoms with van der Waals surface area (Å²) < 4.78 is 2.70. The van der Waals surface area contributed by atoms with Crippen molar-refractivity contribution in [1.82, 2.24) is 4.57 Å². The van der Waals surface area contributed by atoms with E-state index >= 15 is 0 Å². The molecule has 0 saturated heterocycles. The van der Waals surface area contributed by atoms with Gasteiger partial charge in [-0.1, -0.05) is 53.8 Å². The lowest BCUT2D eigenvalue weighted by Gasteiger charge is -1.95. The average Bonchev–Trinajstić information content (AvgIpc) is 2.73. The van der Waals surface area contributed by atoms with Gasteiger partial charge in [0, 0.05) is 6.20 Å². The molecule has 3 rings (SSSR count). The number of rotatable bonds is 2. The first-order chi connectivity index (χ1) is 8.84. The van der Waals surface area contributed by atoms with Gasteiger partial charge in [-0.2, -0.15) is 0 Å². The predicted molar refractivity (Wildman–Crippen MR) is 77.8 cm³/mol. The third-order valence-corrected chi connectivity index (χ3v) is 3.67. The molecule has 1 heterocycles. The van der Waals surface area contributed by atoms with Crippen LogP contribution in [0.15, 0.2) is 59.4 Å². The Morgan fingerprint density at radius 3 is 2.50 bits per heavy atom. The molecule has 0 aliphatic carbocycles. The van der Waals surface area contributed by atoms with Crippen LogP contribution in [0.3, 0.4) is 0 Å². The van der Waals surface area contributed by atoms with Crippen molar-refractivity contribution in [3.8, 4) is 0 Å². The molecule has 0 atom stereocenters. The van der Waals surface area contributed by atoms with Gasteiger partial charge in [-0.05, 0) is 23.8 Å². The molecule has 0 aliphatic rings. The summed E-state index contributed by atoms with van der Waals surface area (Å²) >= 11 is 1.27. The number of fused-ring (bicyclic) bond motifs is 1. The van der Waals surface area contributed by atoms with E-state index < -0.39 is 0 Å². The number of hydrogen-bond donors (Lipinski definition) is 0. The Labute approximate surface area is 108 Å². The van der Waals surface area contributed by atoms with E-state index in [-0.39, 0.29) is 4.87 Å². The molecule has 1 aromatic heterocycles. The molecule has 0 unspecified atom stereocenters. The quantitative estimate of drug-likeness (QED) is 0.682. The van der Waals surface area contributed by atoms with Crippen LogP contribution in [-0.4, -0.2) is 4.57 Å². The van der Waals surface area contributed by atoms with E-state index in [9.17, 15) is 4.79 Å². The number of aromatic nitrogens is 1. The van der Waals surface area contributed by atoms with Gasteiger partial charge in [0.2, 0.25) is 0 Å². The van der Waals surface area contributed by atoms with Crippen LogP contribution in [0.25, 0.3) is 22.5 Å². The molecular formula is C15H11NOS. The van der Waals surface area contributed by atoms with Crippen LogP contribution in [0, 0.1) is 0 Å². The van der Waals surface area contributed by atoms with Crippen molar-refractivity contribution in [3.63, 3.8) is 0 Å². The van der Waals surface area contributed by atoms with Crippen molar-refractivity contribution in [1.29, 1.82) is 0 Å². The molecule has 3 heteroatoms. The van der Waals surface area contributed by atoms with E-state index in [2.05, 4.69) is 0 Å². The summed E-state index contributed by atoms with van der Waals surface area (Å²) in [6.45, 7) is 0. The minimum Gasteiger partial charge on any atom is -0.274 e. The third kappa shape index (κ3) is 2.00. The molecule has 0 radical (unpaired) electrons. The minimum atomic E-state index is 0.0448. The van der Waals surface area contributed by atoms with Crippen LogP contribution in [-0.2, 0) is 0 Å². The van der Waals surface area contributed by atoms with Gasteiger partial charge < -0.3 is 0 Å². The highest BCUT2D eigenvalue weighted by atomic mass is 32.1. The molecule has 0 amide bonds. The van der Waals surface area contributed by atoms with Gasteiger partial charge >= 0.3 is 4.87 Å². The van der Waals surface area contributed by atoms with E-state index in [1.54, 1.807) is 4.57 Å². The monoisotopic (exact) mass is 253 g/mol. The van der Waals surface area contributed by atoms with E-state index in [0.717, 1.165) is 15.8 Å². The normalized spacial score (nSPS) is 11.3. The van der Waals surface area contributed by atoms with Crippen molar-refractivity contribution >= 4 is 33.8 Å². The molecule has 88 valence electrons. The predicted octanol–water partition coefficient (Wildman–Crippen LogP) is 3.69. The smallest absolute Gasteiger partial charge is 0.274 e. The summed E-state index contributed by atoms with van der Waals surface area (Å²) in [5.74, 6) is 0. The van der Waals surface area contributed by atoms with E-state index in [1.165, 1.54) is 11.3 Å². The lowest BCUT2D eigenvalue weighted by Crippen LogP contribution is -2.05. The minimum absolute atomic E-state index is 0.0448. The molecule has 0 saturated carbocycles. The van der Waals surface area contributed by atoms with Crippen LogP contribution in [0.1, 0.15) is 5.56 Å². The van der Waals surface area contributed by atoms with Crippen molar-refractivity contribution in [2.75, 3.05) is 0 Å². The van der Waals surface area contributed by atoms with Crippen molar-refractivity contribution in [3.05, 3.63) is 69.8 Å². The maximum atomic E-state index is 11.9. The molecule has 2 nitrogen and oxygen atoms in total. The molecular weight excluding hydrogens is 242 g/mol. The third-order valence-electron chi connectivity index (χ3n) is 2.73. The fourth-order valence-corrected chi connectivity index (χ4v) is 2.71. The number of thiazole rings is 1. The average molecular weight is 253 g/mol. The SMILES string of the molecule is O=c1sc2ccccc2n1C=Cc1ccccc1. The molecule has 3 aromatic rings. The van der Waals surface area contributed by atoms with Crippen LogP contribution in [0.5, 0.6) is 0 Å². The van der Waals surface area contributed by atoms with Crippen LogP contribution in [0.2, 0.25) is 0 Å². The Hall–Kier alpha value is -2.13. The van der Waals surface area contributed by atoms with E-state index in [4.69, 9.17) is 0 Å². The first-order valence-electron chi connectivity index (χ1n) is 5.68. The number of hydrogen-bond acceptors (Lipinski definition) is 2. The number of benzene rings is 2. The Morgan fingerprint density at radius 1 is 0.944 bits per heavy atom. The Bertz CT molecular complexity index is 753. The molecule has 0 spiro atoms. The molecule has 2 aromatic carbocycles. The largest absolute Gasteiger partial charge is 0.312 e. The zero-order chi connectivity index (χ0) is 12.4. The Morgan fingerprint density at radius 2 is 1.67 bits per heavy atom. The molecule has 0 aliphatic heterocycles. The zero-order valence-corrected chi connectivity index (χ0v) is 10.4. The summed E-state index contributed by atoms with van der Waals surface area (Å²) in [4.78, 5) is 11.9. The molecule has 0 N–H and O–H groups in total. The van der Waals surface area contributed by atoms with Gasteiger partial charge in [-0.3, -0.25) is 9.36 Å². The van der Waals surface area contributed by atoms with Crippen molar-refractivity contribution in [2.45, 2.75) is 0 Å². The maximum absolute atomic E-state index is 11.9. The Kier molecular flexibility index (Phi) is 2.82. The summed E-state index contributed by atoms with van der Waals surface area (Å²) in [5, 5.41) is 0. The van der Waals surface area contributed by atoms with E-state index in [1.807, 2.05) is 66.9 Å². The van der Waals surface area contributed by atoms with Crippen molar-refractivity contribution in [2.24, 2.45) is 0 Å². The van der Waals surface area contributed by atoms with Gasteiger partial charge in [0.15, 0.2) is 0 Å². The van der Waals surface area contributed by atoms with Gasteiger partial charge in [0.25, 0.3) is 0 Å². The fraction of sp³-hybridized carbons (Fsp3) is 0. The standard InChI is InChI=1S/C15H11NOS/c17-15-16(11-10-12-6-2-1-3-7-12)13-8-4-5-9-14(13)18-15/h1-11H. The Balaban J connectivity index is 2.08. The topological polar surface area (TPSA) is 22.0 Å². The second-order valence-corrected chi connectivity index (χ2v) is 4.93. The second kappa shape index (κ2) is 4.63. The first kappa shape index (κ1) is 11.0. The summed E-state index contributed by atoms with van der Waals surface area (Å²) in [6, 6.07) is 17.8. The molecule has 18 heavy (non-hydrogen) atoms. The summed E-state index contributed by atoms with van der Waals surface area (Å²) in [6.07, 6.45) is 3.77. The van der Waals surface area contributed by atoms with Crippen LogP contribution in [0.4, 0.5) is 0 Å². The van der Waals surface area contributed by atoms with Crippen LogP contribution < -0.4 is 4.87 Å². The van der Waals surface area contributed by atoms with Gasteiger partial charge in [0.05, 0.1) is 10.2 Å². The first-order valence-corrected chi connectivity index (χ1v) is 6.49. The zero-order valence-electron chi connectivity index (χ0n) is 9.61. The highest BCUT2D eigenvalue weighted by Crippen LogP contribution is 2.17. The summed E-state index contributed by atoms with van der Waals surface area (Å²) in [5.41, 5.74) is 2.04. The number of para-hydroxylation sites is 1. The highest BCUT2D eigenvalue weighted by Gasteiger charge is 2.03. The lowest BCUT2D eigenvalue weighted by atomic mass is 10.2.